The molecule has 58 N–H and O–H groups in total. The van der Waals surface area contributed by atoms with Crippen molar-refractivity contribution in [2.75, 3.05) is 77.8 Å². The number of nitrogens with one attached hydrogen (secondary N) is 35. The fourth-order valence-corrected chi connectivity index (χ4v) is 15.0. The summed E-state index contributed by atoms with van der Waals surface area (Å²) in [7, 11) is 0. The number of aliphatic hydroxyl groups is 1. The van der Waals surface area contributed by atoms with Gasteiger partial charge in [-0.1, -0.05) is 45.9 Å². The number of carbonyl (C=O) groups is 15. The van der Waals surface area contributed by atoms with E-state index in [4.69, 9.17) is 117 Å². The van der Waals surface area contributed by atoms with E-state index in [-0.39, 0.29) is 218 Å². The van der Waals surface area contributed by atoms with E-state index >= 15 is 28.8 Å². The van der Waals surface area contributed by atoms with Crippen LogP contribution in [0.5, 0.6) is 0 Å². The zero-order chi connectivity index (χ0) is 113. The molecule has 150 heavy (non-hydrogen) atoms. The molecule has 0 fully saturated rings. The molecule has 62 nitrogen and oxygen atoms in total. The standard InChI is InChI=1S/C87H160N46O16S/c1-44(2)39-59(130-64(136)45(3)4)75(147)131-60(40-46-41-119-48-18-6-5-17-47(46)48)76(148)128-57(27-15-37-117-86(105)106)73(145)132-61(42-134)77(149)129-56(26-14-36-116-85(103)104)72(144)126-54(24-12-34-114-83(99)100)70(142)124-52(22-10-32-112-81(95)96)68(140)122-50(20-8-30-110-79(91)92)66(138)120-49(19-7-29-109-78(89)90)65(137)121-51(21-9-31-111-80(93)94)67(139)123-53(23-11-33-113-82(97)98)69(141)125-55(25-13-35-115-84(101)102)71(143)127-58(28-16-38-118-87(107)108)74(146)133-62(43-150)63(88)135/h5-6,17-18,41,44-45,49-62,119,134,150H,7-16,19-40,42-43H2,1-4H3,(H2,88,135)(H,120,138)(H,121,137)(H,122,140)(H,123,139)(H,124,142)(H,125,141)(H,126,144)(H,127,143)(H,128,148)(H,129,149)(H,130,136)(H,131,147)(H,132,145)(H,133,146)(H4,89,90,109)(H4,91,92,110)(H4,93,94,111)(H4,95,96,112)(H4,97,98,113)(H4,99,100,114)(H4,101,102,115)(H4,103,104,116)(H4,105,106,117)(H4,107,108,118)/t49-,50-,51-,52-,53-,54-,55-,56-,57?,58-,59+,60+,61-,62-/m1/s1. The lowest BCUT2D eigenvalue weighted by Gasteiger charge is -2.29. The van der Waals surface area contributed by atoms with Crippen molar-refractivity contribution in [1.29, 1.82) is 54.1 Å². The molecule has 14 atom stereocenters. The highest BCUT2D eigenvalue weighted by atomic mass is 32.1. The summed E-state index contributed by atoms with van der Waals surface area (Å²) in [6.07, 6.45) is -1.72. The van der Waals surface area contributed by atoms with E-state index in [1.165, 1.54) is 0 Å². The summed E-state index contributed by atoms with van der Waals surface area (Å²) in [5.41, 5.74) is 62.7. The number of amides is 15. The lowest BCUT2D eigenvalue weighted by Crippen LogP contribution is -2.61. The van der Waals surface area contributed by atoms with Crippen molar-refractivity contribution in [3.05, 3.63) is 36.0 Å². The van der Waals surface area contributed by atoms with Gasteiger partial charge in [-0.15, -0.1) is 0 Å². The summed E-state index contributed by atoms with van der Waals surface area (Å²) in [6.45, 7) is 5.01. The molecule has 0 aliphatic carbocycles. The minimum absolute atomic E-state index is 0.0159. The van der Waals surface area contributed by atoms with Crippen LogP contribution in [0, 0.1) is 65.9 Å². The van der Waals surface area contributed by atoms with E-state index in [0.717, 1.165) is 0 Å². The molecule has 0 saturated heterocycles. The smallest absolute Gasteiger partial charge is 0.245 e. The molecule has 2 rings (SSSR count). The van der Waals surface area contributed by atoms with Crippen molar-refractivity contribution >= 4 is 172 Å². The normalized spacial score (nSPS) is 13.7. The van der Waals surface area contributed by atoms with Gasteiger partial charge < -0.3 is 201 Å². The SMILES string of the molecule is CC(C)C[C@H](NC(=O)C(C)C)C(=O)N[C@@H](Cc1c[nH]c2ccccc12)C(=O)NC(CCCNC(=N)N)C(=O)N[C@H](CO)C(=O)N[C@H](CCCNC(=N)N)C(=O)N[C@H](CCCNC(=N)N)C(=O)N[C@H](CCCNC(=N)N)C(=O)N[C@H](CCCNC(=N)N)C(=O)N[C@H](CCCNC(=N)N)C(=O)N[C@H](CCCNC(=N)N)C(=O)N[C@H](CCCNC(=N)N)C(=O)N[C@H](CCCNC(=N)N)C(=O)N[C@H](CCCNC(=N)N)C(=O)N[C@H](CS)C(N)=O. The highest BCUT2D eigenvalue weighted by Gasteiger charge is 2.40. The van der Waals surface area contributed by atoms with E-state index < -0.39 is 245 Å². The first-order valence-electron chi connectivity index (χ1n) is 49.0. The Bertz CT molecular complexity index is 4850. The first-order chi connectivity index (χ1) is 70.9. The third-order valence-electron chi connectivity index (χ3n) is 22.4. The topological polar surface area (TPSA) is 1110 Å². The number of para-hydroxylation sites is 1. The second kappa shape index (κ2) is 71.4. The van der Waals surface area contributed by atoms with Crippen LogP contribution >= 0.6 is 12.6 Å². The lowest BCUT2D eigenvalue weighted by atomic mass is 10.00. The Morgan fingerprint density at radius 1 is 0.273 bits per heavy atom. The van der Waals surface area contributed by atoms with Crippen molar-refractivity contribution < 1.29 is 77.0 Å². The molecule has 63 heteroatoms. The van der Waals surface area contributed by atoms with E-state index in [9.17, 15) is 48.3 Å². The number of aromatic nitrogens is 1. The molecule has 0 saturated carbocycles. The quantitative estimate of drug-likeness (QED) is 0.0127. The van der Waals surface area contributed by atoms with E-state index in [1.54, 1.807) is 44.3 Å². The van der Waals surface area contributed by atoms with Gasteiger partial charge in [0.2, 0.25) is 88.6 Å². The van der Waals surface area contributed by atoms with Crippen molar-refractivity contribution in [2.24, 2.45) is 74.9 Å². The fourth-order valence-electron chi connectivity index (χ4n) is 14.7. The largest absolute Gasteiger partial charge is 0.394 e. The van der Waals surface area contributed by atoms with Gasteiger partial charge in [0.15, 0.2) is 59.6 Å². The van der Waals surface area contributed by atoms with Crippen LogP contribution < -0.4 is 191 Å². The highest BCUT2D eigenvalue weighted by Crippen LogP contribution is 2.21. The number of nitrogens with two attached hydrogens (primary N) is 11. The molecule has 840 valence electrons. The van der Waals surface area contributed by atoms with E-state index in [1.807, 2.05) is 13.8 Å². The summed E-state index contributed by atoms with van der Waals surface area (Å²) >= 11 is 4.10. The van der Waals surface area contributed by atoms with Gasteiger partial charge >= 0.3 is 0 Å². The molecular weight excluding hydrogens is 1980 g/mol. The Morgan fingerprint density at radius 2 is 0.460 bits per heavy atom. The van der Waals surface area contributed by atoms with Crippen LogP contribution in [-0.4, -0.2) is 321 Å². The first kappa shape index (κ1) is 130. The summed E-state index contributed by atoms with van der Waals surface area (Å²) in [6, 6.07) is -15.3. The van der Waals surface area contributed by atoms with Crippen LogP contribution in [0.15, 0.2) is 30.5 Å². The number of hydrogen-bond acceptors (Lipinski definition) is 27. The summed E-state index contributed by atoms with van der Waals surface area (Å²) in [5.74, 6) is -20.6. The lowest BCUT2D eigenvalue weighted by molar-refractivity contribution is -0.137. The Kier molecular flexibility index (Phi) is 61.8. The van der Waals surface area contributed by atoms with Gasteiger partial charge in [-0.05, 0) is 152 Å². The van der Waals surface area contributed by atoms with Crippen molar-refractivity contribution in [3.8, 4) is 0 Å². The van der Waals surface area contributed by atoms with Crippen LogP contribution in [0.25, 0.3) is 10.9 Å². The average Bonchev–Trinajstić information content (AvgIpc) is 1.66. The number of aromatic amines is 1. The number of thiol groups is 1. The van der Waals surface area contributed by atoms with Gasteiger partial charge in [-0.2, -0.15) is 12.6 Å². The van der Waals surface area contributed by atoms with Gasteiger partial charge in [0.1, 0.15) is 84.6 Å². The molecule has 0 spiro atoms. The number of H-pyrrole nitrogens is 1. The van der Waals surface area contributed by atoms with E-state index in [2.05, 4.69) is 145 Å². The molecule has 0 radical (unpaired) electrons. The minimum atomic E-state index is -1.94. The Balaban J connectivity index is 2.92. The van der Waals surface area contributed by atoms with Gasteiger partial charge in [-0.3, -0.25) is 126 Å². The number of rotatable bonds is 75. The second-order valence-electron chi connectivity index (χ2n) is 35.8. The van der Waals surface area contributed by atoms with Crippen molar-refractivity contribution in [3.63, 3.8) is 0 Å². The molecule has 1 aromatic heterocycles. The van der Waals surface area contributed by atoms with Crippen LogP contribution in [0.2, 0.25) is 0 Å². The Hall–Kier alpha value is -16.2. The maximum absolute atomic E-state index is 15.3. The number of guanidine groups is 10. The molecule has 0 bridgehead atoms. The van der Waals surface area contributed by atoms with Gasteiger partial charge in [0, 0.05) is 101 Å². The van der Waals surface area contributed by atoms with Crippen molar-refractivity contribution in [2.45, 2.75) is 254 Å². The molecule has 0 aliphatic heterocycles. The summed E-state index contributed by atoms with van der Waals surface area (Å²) in [5, 5.41) is 152. The molecular formula is C87H160N46O16S. The molecule has 0 aliphatic rings. The summed E-state index contributed by atoms with van der Waals surface area (Å²) < 4.78 is 0. The Labute approximate surface area is 873 Å². The molecule has 1 aromatic carbocycles. The van der Waals surface area contributed by atoms with Gasteiger partial charge in [-0.25, -0.2) is 0 Å². The minimum Gasteiger partial charge on any atom is -0.394 e. The van der Waals surface area contributed by atoms with Crippen molar-refractivity contribution in [1.82, 2.24) is 133 Å². The zero-order valence-electron chi connectivity index (χ0n) is 85.0. The van der Waals surface area contributed by atoms with Crippen LogP contribution in [0.1, 0.15) is 168 Å². The predicted octanol–water partition coefficient (Wildman–Crippen LogP) is -12.8. The predicted molar refractivity (Wildman–Crippen MR) is 565 cm³/mol. The fraction of sp³-hybridized carbons (Fsp3) is 0.621. The third kappa shape index (κ3) is 55.4. The maximum Gasteiger partial charge on any atom is 0.245 e. The number of benzene rings is 1. The monoisotopic (exact) mass is 2140 g/mol. The third-order valence-corrected chi connectivity index (χ3v) is 22.8. The number of carbonyl (C=O) groups excluding carboxylic acids is 15. The van der Waals surface area contributed by atoms with Gasteiger partial charge in [0.05, 0.1) is 6.61 Å². The Morgan fingerprint density at radius 3 is 0.660 bits per heavy atom. The van der Waals surface area contributed by atoms with E-state index in [0.29, 0.717) is 16.5 Å². The average molecular weight is 2140 g/mol. The molecule has 2 aromatic rings. The van der Waals surface area contributed by atoms with Crippen LogP contribution in [0.3, 0.4) is 0 Å². The highest BCUT2D eigenvalue weighted by molar-refractivity contribution is 7.80. The molecule has 1 unspecified atom stereocenters. The first-order valence-corrected chi connectivity index (χ1v) is 49.6. The second-order valence-corrected chi connectivity index (χ2v) is 36.2. The summed E-state index contributed by atoms with van der Waals surface area (Å²) in [4.78, 5) is 222. The van der Waals surface area contributed by atoms with Crippen LogP contribution in [0.4, 0.5) is 0 Å². The zero-order valence-corrected chi connectivity index (χ0v) is 85.9. The number of fused-ring (bicyclic) bond motifs is 1. The number of aliphatic hydroxyl groups excluding tert-OH is 1. The number of hydrogen-bond donors (Lipinski definition) is 48. The van der Waals surface area contributed by atoms with Crippen LogP contribution in [-0.2, 0) is 78.3 Å². The molecule has 1 heterocycles. The maximum atomic E-state index is 15.3. The number of primary amides is 1. The molecule has 15 amide bonds. The van der Waals surface area contributed by atoms with Gasteiger partial charge in [0.25, 0.3) is 0 Å².